The first-order valence-electron chi connectivity index (χ1n) is 5.04. The molecule has 1 aromatic rings. The van der Waals surface area contributed by atoms with Gasteiger partial charge in [-0.3, -0.25) is 0 Å². The van der Waals surface area contributed by atoms with E-state index in [1.54, 1.807) is 6.07 Å². The Balaban J connectivity index is 2.42. The Morgan fingerprint density at radius 2 is 1.94 bits per heavy atom. The number of ether oxygens (including phenoxy) is 1. The molecule has 0 heterocycles. The van der Waals surface area contributed by atoms with Crippen LogP contribution in [-0.4, -0.2) is 12.8 Å². The van der Waals surface area contributed by atoms with Gasteiger partial charge in [-0.15, -0.1) is 0 Å². The van der Waals surface area contributed by atoms with Gasteiger partial charge in [0.25, 0.3) is 0 Å². The van der Waals surface area contributed by atoms with E-state index < -0.39 is 25.0 Å². The van der Waals surface area contributed by atoms with E-state index in [1.807, 2.05) is 0 Å². The van der Waals surface area contributed by atoms with E-state index in [-0.39, 0.29) is 18.7 Å². The van der Waals surface area contributed by atoms with E-state index in [0.29, 0.717) is 5.56 Å². The summed E-state index contributed by atoms with van der Waals surface area (Å²) in [7, 11) is 0. The van der Waals surface area contributed by atoms with Crippen molar-refractivity contribution in [3.63, 3.8) is 0 Å². The minimum Gasteiger partial charge on any atom is -0.376 e. The van der Waals surface area contributed by atoms with Crippen LogP contribution >= 0.6 is 0 Å². The van der Waals surface area contributed by atoms with Gasteiger partial charge < -0.3 is 10.5 Å². The second-order valence-electron chi connectivity index (χ2n) is 3.55. The van der Waals surface area contributed by atoms with E-state index in [2.05, 4.69) is 0 Å². The third-order valence-corrected chi connectivity index (χ3v) is 2.14. The van der Waals surface area contributed by atoms with E-state index in [4.69, 9.17) is 10.5 Å². The van der Waals surface area contributed by atoms with Gasteiger partial charge in [0, 0.05) is 12.1 Å². The van der Waals surface area contributed by atoms with Crippen molar-refractivity contribution in [3.05, 3.63) is 35.1 Å². The molecule has 1 aromatic carbocycles. The average Bonchev–Trinajstić information content (AvgIpc) is 2.24. The largest absolute Gasteiger partial charge is 0.391 e. The maximum atomic E-state index is 13.3. The highest BCUT2D eigenvalue weighted by molar-refractivity contribution is 5.23. The first-order chi connectivity index (χ1) is 7.92. The highest BCUT2D eigenvalue weighted by atomic mass is 19.4. The normalized spacial score (nSPS) is 11.8. The second-order valence-corrected chi connectivity index (χ2v) is 3.55. The highest BCUT2D eigenvalue weighted by Gasteiger charge is 2.26. The lowest BCUT2D eigenvalue weighted by Gasteiger charge is -2.08. The molecule has 0 aliphatic heterocycles. The Morgan fingerprint density at radius 1 is 1.24 bits per heavy atom. The fourth-order valence-electron chi connectivity index (χ4n) is 1.20. The number of nitrogens with two attached hydrogens (primary N) is 1. The van der Waals surface area contributed by atoms with E-state index in [0.717, 1.165) is 0 Å². The predicted molar refractivity (Wildman–Crippen MR) is 54.6 cm³/mol. The molecule has 17 heavy (non-hydrogen) atoms. The Hall–Kier alpha value is -1.14. The van der Waals surface area contributed by atoms with Gasteiger partial charge in [0.2, 0.25) is 0 Å². The van der Waals surface area contributed by atoms with Crippen molar-refractivity contribution in [2.45, 2.75) is 25.7 Å². The number of hydrogen-bond acceptors (Lipinski definition) is 2. The zero-order chi connectivity index (χ0) is 12.9. The molecule has 0 radical (unpaired) electrons. The van der Waals surface area contributed by atoms with E-state index in [1.165, 1.54) is 12.1 Å². The van der Waals surface area contributed by atoms with Gasteiger partial charge in [-0.05, 0) is 11.6 Å². The van der Waals surface area contributed by atoms with Crippen LogP contribution in [0.2, 0.25) is 0 Å². The summed E-state index contributed by atoms with van der Waals surface area (Å²) in [5, 5.41) is 0. The van der Waals surface area contributed by atoms with Crippen molar-refractivity contribution in [2.75, 3.05) is 6.61 Å². The SMILES string of the molecule is NCc1ccc(COCCC(F)(F)F)c(F)c1. The minimum atomic E-state index is -4.25. The first kappa shape index (κ1) is 13.9. The lowest BCUT2D eigenvalue weighted by atomic mass is 10.1. The summed E-state index contributed by atoms with van der Waals surface area (Å²) in [6, 6.07) is 4.33. The molecular formula is C11H13F4NO. The van der Waals surface area contributed by atoms with Crippen molar-refractivity contribution in [1.29, 1.82) is 0 Å². The summed E-state index contributed by atoms with van der Waals surface area (Å²) in [5.74, 6) is -0.514. The topological polar surface area (TPSA) is 35.2 Å². The number of hydrogen-bond donors (Lipinski definition) is 1. The third kappa shape index (κ3) is 5.14. The maximum Gasteiger partial charge on any atom is 0.391 e. The number of halogens is 4. The van der Waals surface area contributed by atoms with E-state index in [9.17, 15) is 17.6 Å². The molecule has 0 saturated heterocycles. The zero-order valence-electron chi connectivity index (χ0n) is 9.06. The van der Waals surface area contributed by atoms with Crippen molar-refractivity contribution in [2.24, 2.45) is 5.73 Å². The minimum absolute atomic E-state index is 0.174. The third-order valence-electron chi connectivity index (χ3n) is 2.14. The molecular weight excluding hydrogens is 238 g/mol. The number of alkyl halides is 3. The predicted octanol–water partition coefficient (Wildman–Crippen LogP) is 2.75. The maximum absolute atomic E-state index is 13.3. The van der Waals surface area contributed by atoms with Gasteiger partial charge in [0.1, 0.15) is 5.82 Å². The zero-order valence-corrected chi connectivity index (χ0v) is 9.06. The Labute approximate surface area is 96.4 Å². The molecule has 0 fully saturated rings. The van der Waals surface area contributed by atoms with Crippen LogP contribution in [0, 0.1) is 5.82 Å². The summed E-state index contributed by atoms with van der Waals surface area (Å²) in [6.45, 7) is -0.430. The molecule has 6 heteroatoms. The quantitative estimate of drug-likeness (QED) is 0.645. The molecule has 0 bridgehead atoms. The molecule has 0 saturated carbocycles. The van der Waals surface area contributed by atoms with Crippen molar-refractivity contribution in [1.82, 2.24) is 0 Å². The van der Waals surface area contributed by atoms with Crippen LogP contribution in [0.15, 0.2) is 18.2 Å². The van der Waals surface area contributed by atoms with Gasteiger partial charge in [-0.25, -0.2) is 4.39 Å². The lowest BCUT2D eigenvalue weighted by Crippen LogP contribution is -2.11. The Kier molecular flexibility index (Phi) is 4.89. The molecule has 96 valence electrons. The smallest absolute Gasteiger partial charge is 0.376 e. The fraction of sp³-hybridized carbons (Fsp3) is 0.455. The van der Waals surface area contributed by atoms with Crippen LogP contribution in [0.5, 0.6) is 0 Å². The van der Waals surface area contributed by atoms with Crippen LogP contribution in [0.25, 0.3) is 0 Å². The lowest BCUT2D eigenvalue weighted by molar-refractivity contribution is -0.146. The van der Waals surface area contributed by atoms with Gasteiger partial charge in [0.05, 0.1) is 19.6 Å². The summed E-state index contributed by atoms with van der Waals surface area (Å²) in [6.07, 6.45) is -5.28. The van der Waals surface area contributed by atoms with Crippen molar-refractivity contribution >= 4 is 0 Å². The summed E-state index contributed by atoms with van der Waals surface area (Å²) in [4.78, 5) is 0. The van der Waals surface area contributed by atoms with Crippen molar-refractivity contribution < 1.29 is 22.3 Å². The average molecular weight is 251 g/mol. The monoisotopic (exact) mass is 251 g/mol. The molecule has 2 nitrogen and oxygen atoms in total. The molecule has 2 N–H and O–H groups in total. The Morgan fingerprint density at radius 3 is 2.47 bits per heavy atom. The second kappa shape index (κ2) is 5.97. The van der Waals surface area contributed by atoms with Crippen LogP contribution in [0.4, 0.5) is 17.6 Å². The standard InChI is InChI=1S/C11H13F4NO/c12-10-5-8(6-16)1-2-9(10)7-17-4-3-11(13,14)15/h1-2,5H,3-4,6-7,16H2. The summed E-state index contributed by atoms with van der Waals surface area (Å²) in [5.41, 5.74) is 6.17. The fourth-order valence-corrected chi connectivity index (χ4v) is 1.20. The molecule has 1 rings (SSSR count). The van der Waals surface area contributed by atoms with E-state index >= 15 is 0 Å². The van der Waals surface area contributed by atoms with Crippen LogP contribution in [0.1, 0.15) is 17.5 Å². The number of rotatable bonds is 5. The van der Waals surface area contributed by atoms with Gasteiger partial charge in [0.15, 0.2) is 0 Å². The van der Waals surface area contributed by atoms with Crippen LogP contribution in [-0.2, 0) is 17.9 Å². The van der Waals surface area contributed by atoms with Crippen LogP contribution < -0.4 is 5.73 Å². The molecule has 0 atom stereocenters. The number of benzene rings is 1. The van der Waals surface area contributed by atoms with Gasteiger partial charge >= 0.3 is 6.18 Å². The Bertz CT molecular complexity index is 365. The van der Waals surface area contributed by atoms with Gasteiger partial charge in [-0.1, -0.05) is 12.1 Å². The molecule has 0 unspecified atom stereocenters. The highest BCUT2D eigenvalue weighted by Crippen LogP contribution is 2.19. The molecule has 0 spiro atoms. The molecule has 0 aromatic heterocycles. The summed E-state index contributed by atoms with van der Waals surface area (Å²) < 4.78 is 53.5. The molecule has 0 aliphatic rings. The van der Waals surface area contributed by atoms with Crippen LogP contribution in [0.3, 0.4) is 0 Å². The van der Waals surface area contributed by atoms with Gasteiger partial charge in [-0.2, -0.15) is 13.2 Å². The molecule has 0 aliphatic carbocycles. The summed E-state index contributed by atoms with van der Waals surface area (Å²) >= 11 is 0. The molecule has 0 amide bonds. The first-order valence-corrected chi connectivity index (χ1v) is 5.04. The van der Waals surface area contributed by atoms with Crippen molar-refractivity contribution in [3.8, 4) is 0 Å².